The second kappa shape index (κ2) is 5.80. The number of nitrogens with two attached hydrogens (primary N) is 1. The maximum absolute atomic E-state index is 12.0. The first-order valence-electron chi connectivity index (χ1n) is 5.81. The van der Waals surface area contributed by atoms with Crippen molar-refractivity contribution in [2.75, 3.05) is 0 Å². The molecule has 0 bridgehead atoms. The number of hydrogen-bond donors (Lipinski definition) is 2. The van der Waals surface area contributed by atoms with Crippen molar-refractivity contribution >= 4 is 17.2 Å². The first kappa shape index (κ1) is 12.8. The molecule has 1 heterocycles. The Morgan fingerprint density at radius 3 is 2.56 bits per heavy atom. The minimum absolute atomic E-state index is 0.0153. The monoisotopic (exact) mass is 260 g/mol. The third-order valence-corrected chi connectivity index (χ3v) is 3.54. The number of hydrogen-bond acceptors (Lipinski definition) is 3. The average molecular weight is 260 g/mol. The van der Waals surface area contributed by atoms with E-state index in [1.165, 1.54) is 0 Å². The van der Waals surface area contributed by atoms with Crippen LogP contribution in [-0.2, 0) is 4.79 Å². The highest BCUT2D eigenvalue weighted by atomic mass is 32.1. The van der Waals surface area contributed by atoms with Gasteiger partial charge in [-0.3, -0.25) is 4.79 Å². The molecule has 0 aliphatic carbocycles. The number of thiophene rings is 1. The quantitative estimate of drug-likeness (QED) is 0.888. The highest BCUT2D eigenvalue weighted by molar-refractivity contribution is 7.07. The molecule has 2 aromatic rings. The van der Waals surface area contributed by atoms with Crippen LogP contribution in [0.25, 0.3) is 0 Å². The van der Waals surface area contributed by atoms with E-state index in [9.17, 15) is 4.79 Å². The summed E-state index contributed by atoms with van der Waals surface area (Å²) in [5.74, 6) is -0.153. The van der Waals surface area contributed by atoms with Crippen molar-refractivity contribution in [3.63, 3.8) is 0 Å². The predicted octanol–water partition coefficient (Wildman–Crippen LogP) is 2.63. The molecule has 0 saturated carbocycles. The van der Waals surface area contributed by atoms with E-state index < -0.39 is 6.04 Å². The summed E-state index contributed by atoms with van der Waals surface area (Å²) >= 11 is 1.62. The molecule has 94 valence electrons. The first-order valence-corrected chi connectivity index (χ1v) is 6.76. The van der Waals surface area contributed by atoms with Gasteiger partial charge in [0, 0.05) is 0 Å². The maximum Gasteiger partial charge on any atom is 0.241 e. The zero-order valence-electron chi connectivity index (χ0n) is 10.2. The Kier molecular flexibility index (Phi) is 4.12. The Hall–Kier alpha value is -1.65. The highest BCUT2D eigenvalue weighted by Gasteiger charge is 2.18. The van der Waals surface area contributed by atoms with Gasteiger partial charge in [-0.25, -0.2) is 0 Å². The van der Waals surface area contributed by atoms with Crippen molar-refractivity contribution in [2.24, 2.45) is 5.73 Å². The van der Waals surface area contributed by atoms with Crippen molar-refractivity contribution in [2.45, 2.75) is 19.0 Å². The second-order valence-electron chi connectivity index (χ2n) is 4.18. The van der Waals surface area contributed by atoms with Gasteiger partial charge in [0.15, 0.2) is 0 Å². The molecule has 3 N–H and O–H groups in total. The number of carbonyl (C=O) groups is 1. The van der Waals surface area contributed by atoms with Crippen LogP contribution in [0.1, 0.15) is 30.1 Å². The molecular weight excluding hydrogens is 244 g/mol. The van der Waals surface area contributed by atoms with Gasteiger partial charge in [-0.05, 0) is 34.9 Å². The second-order valence-corrected chi connectivity index (χ2v) is 4.96. The van der Waals surface area contributed by atoms with Crippen molar-refractivity contribution in [3.05, 3.63) is 58.3 Å². The van der Waals surface area contributed by atoms with Gasteiger partial charge in [0.25, 0.3) is 0 Å². The Labute approximate surface area is 111 Å². The van der Waals surface area contributed by atoms with E-state index in [4.69, 9.17) is 5.73 Å². The molecular formula is C14H16N2OS. The van der Waals surface area contributed by atoms with Crippen molar-refractivity contribution in [1.29, 1.82) is 0 Å². The molecule has 1 aromatic carbocycles. The number of benzene rings is 1. The van der Waals surface area contributed by atoms with Crippen LogP contribution < -0.4 is 11.1 Å². The lowest BCUT2D eigenvalue weighted by Gasteiger charge is -2.17. The van der Waals surface area contributed by atoms with E-state index in [1.807, 2.05) is 54.1 Å². The zero-order chi connectivity index (χ0) is 13.0. The van der Waals surface area contributed by atoms with Crippen LogP contribution in [-0.4, -0.2) is 5.91 Å². The van der Waals surface area contributed by atoms with Crippen LogP contribution in [0.15, 0.2) is 47.2 Å². The summed E-state index contributed by atoms with van der Waals surface area (Å²) in [5, 5.41) is 6.95. The van der Waals surface area contributed by atoms with Gasteiger partial charge in [-0.15, -0.1) is 0 Å². The number of rotatable bonds is 4. The standard InChI is InChI=1S/C14H16N2OS/c1-10(12-7-8-18-9-12)16-14(17)13(15)11-5-3-2-4-6-11/h2-10,13H,15H2,1H3,(H,16,17)/t10?,13-/m1/s1. The lowest BCUT2D eigenvalue weighted by molar-refractivity contribution is -0.123. The first-order chi connectivity index (χ1) is 8.68. The summed E-state index contributed by atoms with van der Waals surface area (Å²) in [6.07, 6.45) is 0. The van der Waals surface area contributed by atoms with Gasteiger partial charge >= 0.3 is 0 Å². The fourth-order valence-corrected chi connectivity index (χ4v) is 2.47. The molecule has 1 aromatic heterocycles. The summed E-state index contributed by atoms with van der Waals surface area (Å²) in [7, 11) is 0. The fourth-order valence-electron chi connectivity index (χ4n) is 1.72. The Morgan fingerprint density at radius 2 is 1.94 bits per heavy atom. The van der Waals surface area contributed by atoms with E-state index in [-0.39, 0.29) is 11.9 Å². The number of carbonyl (C=O) groups excluding carboxylic acids is 1. The van der Waals surface area contributed by atoms with Gasteiger partial charge in [-0.1, -0.05) is 30.3 Å². The van der Waals surface area contributed by atoms with Crippen LogP contribution in [0.2, 0.25) is 0 Å². The molecule has 2 atom stereocenters. The van der Waals surface area contributed by atoms with Gasteiger partial charge in [0.2, 0.25) is 5.91 Å². The fraction of sp³-hybridized carbons (Fsp3) is 0.214. The van der Waals surface area contributed by atoms with Crippen LogP contribution in [0.5, 0.6) is 0 Å². The SMILES string of the molecule is CC(NC(=O)[C@H](N)c1ccccc1)c1ccsc1. The van der Waals surface area contributed by atoms with E-state index in [2.05, 4.69) is 5.32 Å². The molecule has 0 aliphatic heterocycles. The summed E-state index contributed by atoms with van der Waals surface area (Å²) in [6.45, 7) is 1.96. The molecule has 3 nitrogen and oxygen atoms in total. The number of nitrogens with one attached hydrogen (secondary N) is 1. The molecule has 1 unspecified atom stereocenters. The third-order valence-electron chi connectivity index (χ3n) is 2.84. The van der Waals surface area contributed by atoms with Crippen molar-refractivity contribution in [1.82, 2.24) is 5.32 Å². The lowest BCUT2D eigenvalue weighted by atomic mass is 10.1. The average Bonchev–Trinajstić information content (AvgIpc) is 2.92. The van der Waals surface area contributed by atoms with Gasteiger partial charge in [0.05, 0.1) is 6.04 Å². The Balaban J connectivity index is 2.00. The maximum atomic E-state index is 12.0. The number of amides is 1. The van der Waals surface area contributed by atoms with Crippen LogP contribution >= 0.6 is 11.3 Å². The van der Waals surface area contributed by atoms with E-state index >= 15 is 0 Å². The van der Waals surface area contributed by atoms with Crippen molar-refractivity contribution < 1.29 is 4.79 Å². The summed E-state index contributed by atoms with van der Waals surface area (Å²) in [5.41, 5.74) is 7.86. The van der Waals surface area contributed by atoms with Gasteiger partial charge in [0.1, 0.15) is 6.04 Å². The smallest absolute Gasteiger partial charge is 0.241 e. The van der Waals surface area contributed by atoms with Gasteiger partial charge < -0.3 is 11.1 Å². The molecule has 0 aliphatic rings. The predicted molar refractivity (Wildman–Crippen MR) is 74.2 cm³/mol. The van der Waals surface area contributed by atoms with Gasteiger partial charge in [-0.2, -0.15) is 11.3 Å². The molecule has 0 radical (unpaired) electrons. The van der Waals surface area contributed by atoms with Crippen LogP contribution in [0.4, 0.5) is 0 Å². The molecule has 2 rings (SSSR count). The van der Waals surface area contributed by atoms with Crippen molar-refractivity contribution in [3.8, 4) is 0 Å². The molecule has 4 heteroatoms. The van der Waals surface area contributed by atoms with Crippen LogP contribution in [0.3, 0.4) is 0 Å². The normalized spacial score (nSPS) is 13.9. The minimum atomic E-state index is -0.618. The Morgan fingerprint density at radius 1 is 1.22 bits per heavy atom. The van der Waals surface area contributed by atoms with Crippen LogP contribution in [0, 0.1) is 0 Å². The molecule has 0 fully saturated rings. The largest absolute Gasteiger partial charge is 0.348 e. The molecule has 0 spiro atoms. The molecule has 0 saturated heterocycles. The van der Waals surface area contributed by atoms with E-state index in [1.54, 1.807) is 11.3 Å². The zero-order valence-corrected chi connectivity index (χ0v) is 11.0. The summed E-state index contributed by atoms with van der Waals surface area (Å²) in [6, 6.07) is 10.8. The Bertz CT molecular complexity index is 496. The minimum Gasteiger partial charge on any atom is -0.348 e. The van der Waals surface area contributed by atoms with E-state index in [0.717, 1.165) is 11.1 Å². The molecule has 1 amide bonds. The molecule has 18 heavy (non-hydrogen) atoms. The third kappa shape index (κ3) is 2.97. The topological polar surface area (TPSA) is 55.1 Å². The highest BCUT2D eigenvalue weighted by Crippen LogP contribution is 2.17. The lowest BCUT2D eigenvalue weighted by Crippen LogP contribution is -2.35. The van der Waals surface area contributed by atoms with E-state index in [0.29, 0.717) is 0 Å². The summed E-state index contributed by atoms with van der Waals surface area (Å²) < 4.78 is 0. The summed E-state index contributed by atoms with van der Waals surface area (Å²) in [4.78, 5) is 12.0.